The second-order valence-electron chi connectivity index (χ2n) is 2.99. The Balaban J connectivity index is 0.00000128. The maximum atomic E-state index is 5.89. The van der Waals surface area contributed by atoms with Gasteiger partial charge in [-0.25, -0.2) is 0 Å². The molecule has 0 aliphatic rings. The summed E-state index contributed by atoms with van der Waals surface area (Å²) in [5.41, 5.74) is 0.700. The molecule has 0 amide bonds. The van der Waals surface area contributed by atoms with E-state index in [0.717, 1.165) is 0 Å². The normalized spacial score (nSPS) is 9.69. The molecule has 0 atom stereocenters. The predicted molar refractivity (Wildman–Crippen MR) is 63.3 cm³/mol. The van der Waals surface area contributed by atoms with Gasteiger partial charge in [0.25, 0.3) is 5.89 Å². The molecular weight excluding hydrogens is 251 g/mol. The van der Waals surface area contributed by atoms with Gasteiger partial charge >= 0.3 is 0 Å². The summed E-state index contributed by atoms with van der Waals surface area (Å²) < 4.78 is 10.2. The zero-order valence-electron chi connectivity index (χ0n) is 8.73. The van der Waals surface area contributed by atoms with E-state index in [0.29, 0.717) is 28.1 Å². The number of aromatic nitrogens is 2. The zero-order valence-corrected chi connectivity index (χ0v) is 10.3. The Hall–Kier alpha value is -1.26. The van der Waals surface area contributed by atoms with Crippen molar-refractivity contribution in [1.29, 1.82) is 0 Å². The molecule has 0 bridgehead atoms. The van der Waals surface area contributed by atoms with E-state index in [1.807, 2.05) is 0 Å². The number of rotatable bonds is 2. The molecule has 0 unspecified atom stereocenters. The fourth-order valence-corrected chi connectivity index (χ4v) is 1.43. The first-order valence-corrected chi connectivity index (χ1v) is 4.72. The van der Waals surface area contributed by atoms with Gasteiger partial charge in [-0.2, -0.15) is 4.98 Å². The molecule has 1 aromatic heterocycles. The number of nitrogens with zero attached hydrogens (tertiary/aromatic N) is 2. The van der Waals surface area contributed by atoms with Crippen molar-refractivity contribution in [1.82, 2.24) is 10.1 Å². The third kappa shape index (κ3) is 2.46. The zero-order chi connectivity index (χ0) is 10.8. The van der Waals surface area contributed by atoms with Crippen molar-refractivity contribution >= 4 is 24.0 Å². The first-order valence-electron chi connectivity index (χ1n) is 4.35. The molecule has 2 aromatic rings. The van der Waals surface area contributed by atoms with Crippen molar-refractivity contribution in [3.05, 3.63) is 29.0 Å². The number of methoxy groups -OCH3 is 1. The topological polar surface area (TPSA) is 48.2 Å². The molecule has 0 saturated carbocycles. The second-order valence-corrected chi connectivity index (χ2v) is 3.43. The number of hydrogen-bond donors (Lipinski definition) is 0. The summed E-state index contributed by atoms with van der Waals surface area (Å²) in [4.78, 5) is 4.11. The summed E-state index contributed by atoms with van der Waals surface area (Å²) in [5, 5.41) is 4.31. The molecule has 16 heavy (non-hydrogen) atoms. The number of ether oxygens (including phenoxy) is 1. The summed E-state index contributed by atoms with van der Waals surface area (Å²) in [6.07, 6.45) is 0. The van der Waals surface area contributed by atoms with E-state index in [1.165, 1.54) is 0 Å². The van der Waals surface area contributed by atoms with Crippen molar-refractivity contribution in [3.8, 4) is 17.2 Å². The largest absolute Gasteiger partial charge is 0.496 e. The van der Waals surface area contributed by atoms with Crippen LogP contribution in [0.5, 0.6) is 5.75 Å². The smallest absolute Gasteiger partial charge is 0.261 e. The van der Waals surface area contributed by atoms with Crippen LogP contribution in [0.3, 0.4) is 0 Å². The lowest BCUT2D eigenvalue weighted by molar-refractivity contribution is 0.403. The quantitative estimate of drug-likeness (QED) is 0.833. The molecule has 0 saturated heterocycles. The minimum absolute atomic E-state index is 0. The van der Waals surface area contributed by atoms with E-state index in [-0.39, 0.29) is 12.4 Å². The maximum absolute atomic E-state index is 5.89. The van der Waals surface area contributed by atoms with Crippen molar-refractivity contribution in [2.24, 2.45) is 0 Å². The van der Waals surface area contributed by atoms with Crippen LogP contribution < -0.4 is 4.74 Å². The van der Waals surface area contributed by atoms with Gasteiger partial charge in [0.2, 0.25) is 0 Å². The van der Waals surface area contributed by atoms with Gasteiger partial charge in [0.15, 0.2) is 5.82 Å². The molecule has 0 aliphatic heterocycles. The Morgan fingerprint density at radius 2 is 2.12 bits per heavy atom. The fourth-order valence-electron chi connectivity index (χ4n) is 1.25. The average Bonchev–Trinajstić information content (AvgIpc) is 2.65. The van der Waals surface area contributed by atoms with Crippen LogP contribution in [-0.2, 0) is 0 Å². The summed E-state index contributed by atoms with van der Waals surface area (Å²) in [7, 11) is 1.58. The molecule has 0 spiro atoms. The summed E-state index contributed by atoms with van der Waals surface area (Å²) in [6, 6.07) is 5.23. The molecule has 86 valence electrons. The van der Waals surface area contributed by atoms with E-state index in [2.05, 4.69) is 10.1 Å². The molecule has 0 N–H and O–H groups in total. The van der Waals surface area contributed by atoms with Crippen molar-refractivity contribution in [2.75, 3.05) is 7.11 Å². The Bertz CT molecular complexity index is 485. The Kier molecular flexibility index (Phi) is 4.15. The Morgan fingerprint density at radius 1 is 1.38 bits per heavy atom. The third-order valence-corrected chi connectivity index (χ3v) is 2.15. The average molecular weight is 261 g/mol. The van der Waals surface area contributed by atoms with Crippen LogP contribution in [0.15, 0.2) is 22.7 Å². The first kappa shape index (κ1) is 12.8. The van der Waals surface area contributed by atoms with Crippen molar-refractivity contribution < 1.29 is 9.26 Å². The highest BCUT2D eigenvalue weighted by Gasteiger charge is 2.12. The summed E-state index contributed by atoms with van der Waals surface area (Å²) in [5.74, 6) is 1.64. The van der Waals surface area contributed by atoms with Gasteiger partial charge in [0.05, 0.1) is 12.7 Å². The molecule has 1 heterocycles. The standard InChI is InChI=1S/C10H9ClN2O2.ClH/c1-6-12-10(15-13-6)8-5-7(11)3-4-9(8)14-2;/h3-5H,1-2H3;1H. The minimum Gasteiger partial charge on any atom is -0.496 e. The number of benzene rings is 1. The Morgan fingerprint density at radius 3 is 2.69 bits per heavy atom. The lowest BCUT2D eigenvalue weighted by Gasteiger charge is -2.04. The highest BCUT2D eigenvalue weighted by molar-refractivity contribution is 6.30. The molecule has 1 aromatic carbocycles. The molecule has 0 aliphatic carbocycles. The van der Waals surface area contributed by atoms with Crippen LogP contribution in [0.2, 0.25) is 5.02 Å². The lowest BCUT2D eigenvalue weighted by Crippen LogP contribution is -1.88. The highest BCUT2D eigenvalue weighted by atomic mass is 35.5. The fraction of sp³-hybridized carbons (Fsp3) is 0.200. The number of hydrogen-bond acceptors (Lipinski definition) is 4. The minimum atomic E-state index is 0. The van der Waals surface area contributed by atoms with Crippen molar-refractivity contribution in [2.45, 2.75) is 6.92 Å². The van der Waals surface area contributed by atoms with Crippen LogP contribution in [0.1, 0.15) is 5.82 Å². The molecule has 6 heteroatoms. The van der Waals surface area contributed by atoms with E-state index < -0.39 is 0 Å². The maximum Gasteiger partial charge on any atom is 0.261 e. The molecule has 0 radical (unpaired) electrons. The second kappa shape index (κ2) is 5.18. The lowest BCUT2D eigenvalue weighted by atomic mass is 10.2. The van der Waals surface area contributed by atoms with Gasteiger partial charge in [-0.05, 0) is 25.1 Å². The molecule has 2 rings (SSSR count). The van der Waals surface area contributed by atoms with Gasteiger partial charge < -0.3 is 9.26 Å². The first-order chi connectivity index (χ1) is 7.20. The van der Waals surface area contributed by atoms with Gasteiger partial charge in [-0.15, -0.1) is 12.4 Å². The Labute approximate surface area is 104 Å². The third-order valence-electron chi connectivity index (χ3n) is 1.92. The van der Waals surface area contributed by atoms with Gasteiger partial charge in [0.1, 0.15) is 5.75 Å². The van der Waals surface area contributed by atoms with Crippen LogP contribution in [-0.4, -0.2) is 17.3 Å². The number of aryl methyl sites for hydroxylation is 1. The SMILES string of the molecule is COc1ccc(Cl)cc1-c1nc(C)no1.Cl. The summed E-state index contributed by atoms with van der Waals surface area (Å²) >= 11 is 5.89. The van der Waals surface area contributed by atoms with Crippen LogP contribution >= 0.6 is 24.0 Å². The van der Waals surface area contributed by atoms with E-state index in [1.54, 1.807) is 32.2 Å². The van der Waals surface area contributed by atoms with Crippen LogP contribution in [0, 0.1) is 6.92 Å². The van der Waals surface area contributed by atoms with Crippen LogP contribution in [0.4, 0.5) is 0 Å². The van der Waals surface area contributed by atoms with Crippen LogP contribution in [0.25, 0.3) is 11.5 Å². The monoisotopic (exact) mass is 260 g/mol. The van der Waals surface area contributed by atoms with E-state index >= 15 is 0 Å². The van der Waals surface area contributed by atoms with Crippen molar-refractivity contribution in [3.63, 3.8) is 0 Å². The molecule has 0 fully saturated rings. The predicted octanol–water partition coefficient (Wildman–Crippen LogP) is 3.13. The number of halogens is 2. The van der Waals surface area contributed by atoms with Gasteiger partial charge in [-0.3, -0.25) is 0 Å². The van der Waals surface area contributed by atoms with E-state index in [4.69, 9.17) is 20.9 Å². The van der Waals surface area contributed by atoms with E-state index in [9.17, 15) is 0 Å². The molecular formula is C10H10Cl2N2O2. The summed E-state index contributed by atoms with van der Waals surface area (Å²) in [6.45, 7) is 1.75. The van der Waals surface area contributed by atoms with Gasteiger partial charge in [0, 0.05) is 5.02 Å². The van der Waals surface area contributed by atoms with Gasteiger partial charge in [-0.1, -0.05) is 16.8 Å². The highest BCUT2D eigenvalue weighted by Crippen LogP contribution is 2.31. The molecule has 4 nitrogen and oxygen atoms in total.